The van der Waals surface area contributed by atoms with Crippen molar-refractivity contribution in [3.63, 3.8) is 0 Å². The third-order valence-corrected chi connectivity index (χ3v) is 5.36. The van der Waals surface area contributed by atoms with Crippen molar-refractivity contribution in [3.8, 4) is 11.8 Å². The molecule has 0 heterocycles. The monoisotopic (exact) mass is 399 g/mol. The molecule has 2 N–H and O–H groups in total. The zero-order valence-corrected chi connectivity index (χ0v) is 16.8. The number of hydrogen-bond donors (Lipinski definition) is 2. The van der Waals surface area contributed by atoms with Crippen molar-refractivity contribution < 1.29 is 24.5 Å². The Labute approximate surface area is 171 Å². The number of aliphatic hydroxyl groups excluding tert-OH is 2. The van der Waals surface area contributed by atoms with Crippen LogP contribution in [0.1, 0.15) is 31.7 Å². The predicted octanol–water partition coefficient (Wildman–Crippen LogP) is 2.83. The van der Waals surface area contributed by atoms with Crippen LogP contribution in [0.3, 0.4) is 0 Å². The van der Waals surface area contributed by atoms with Gasteiger partial charge in [-0.25, -0.2) is 11.4 Å². The zero-order chi connectivity index (χ0) is 21.4. The average Bonchev–Trinajstić information content (AvgIpc) is 2.73. The molecule has 4 unspecified atom stereocenters. The Balaban J connectivity index is 2.49. The van der Waals surface area contributed by atoms with Crippen LogP contribution in [-0.4, -0.2) is 47.6 Å². The van der Waals surface area contributed by atoms with E-state index in [1.165, 1.54) is 0 Å². The molecule has 154 valence electrons. The van der Waals surface area contributed by atoms with Crippen molar-refractivity contribution in [2.24, 2.45) is 5.92 Å². The van der Waals surface area contributed by atoms with E-state index in [-0.39, 0.29) is 12.8 Å². The fourth-order valence-electron chi connectivity index (χ4n) is 3.89. The predicted molar refractivity (Wildman–Crippen MR) is 108 cm³/mol. The van der Waals surface area contributed by atoms with Gasteiger partial charge in [0.1, 0.15) is 18.5 Å². The van der Waals surface area contributed by atoms with Gasteiger partial charge in [0.15, 0.2) is 0 Å². The molecule has 1 saturated carbocycles. The van der Waals surface area contributed by atoms with Gasteiger partial charge in [-0.05, 0) is 48.4 Å². The molecule has 7 heteroatoms. The topological polar surface area (TPSA) is 84.7 Å². The SMILES string of the molecule is [C-]#[N+]C(Cc1ccc(OC)cc1)(C(=C)[N+]#CC)C1CC(O)CCC1OC(=O)CO. The summed E-state index contributed by atoms with van der Waals surface area (Å²) in [6.07, 6.45) is 0.128. The smallest absolute Gasteiger partial charge is 0.394 e. The van der Waals surface area contributed by atoms with Crippen molar-refractivity contribution in [2.75, 3.05) is 13.7 Å². The number of aliphatic hydroxyl groups is 2. The molecule has 1 aliphatic rings. The Morgan fingerprint density at radius 2 is 2.07 bits per heavy atom. The fourth-order valence-corrected chi connectivity index (χ4v) is 3.89. The van der Waals surface area contributed by atoms with Gasteiger partial charge in [-0.3, -0.25) is 4.85 Å². The minimum Gasteiger partial charge on any atom is -0.497 e. The van der Waals surface area contributed by atoms with Gasteiger partial charge < -0.3 is 19.7 Å². The first-order chi connectivity index (χ1) is 13.9. The largest absolute Gasteiger partial charge is 0.497 e. The molecular formula is C22H27N2O5+. The van der Waals surface area contributed by atoms with E-state index >= 15 is 0 Å². The van der Waals surface area contributed by atoms with E-state index in [0.717, 1.165) is 5.56 Å². The maximum absolute atomic E-state index is 11.8. The minimum atomic E-state index is -1.24. The second-order valence-corrected chi connectivity index (χ2v) is 7.10. The first-order valence-electron chi connectivity index (χ1n) is 9.47. The van der Waals surface area contributed by atoms with Crippen LogP contribution < -0.4 is 4.74 Å². The van der Waals surface area contributed by atoms with Gasteiger partial charge >= 0.3 is 17.2 Å². The van der Waals surface area contributed by atoms with Gasteiger partial charge in [-0.15, -0.1) is 0 Å². The molecule has 0 aromatic heterocycles. The number of carbonyl (C=O) groups is 1. The van der Waals surface area contributed by atoms with E-state index in [1.54, 1.807) is 26.2 Å². The summed E-state index contributed by atoms with van der Waals surface area (Å²) in [5.74, 6) is -0.592. The van der Waals surface area contributed by atoms with Crippen molar-refractivity contribution in [2.45, 2.75) is 50.4 Å². The number of methoxy groups -OCH3 is 1. The molecule has 0 aliphatic heterocycles. The second-order valence-electron chi connectivity index (χ2n) is 7.10. The third-order valence-electron chi connectivity index (χ3n) is 5.36. The molecule has 0 amide bonds. The van der Waals surface area contributed by atoms with Crippen LogP contribution in [0.15, 0.2) is 36.5 Å². The number of nitrogens with zero attached hydrogens (tertiary/aromatic N) is 2. The van der Waals surface area contributed by atoms with Gasteiger partial charge in [0.25, 0.3) is 6.07 Å². The summed E-state index contributed by atoms with van der Waals surface area (Å²) in [6, 6.07) is 10.0. The number of esters is 1. The molecule has 2 rings (SSSR count). The van der Waals surface area contributed by atoms with E-state index in [0.29, 0.717) is 24.3 Å². The zero-order valence-electron chi connectivity index (χ0n) is 16.8. The lowest BCUT2D eigenvalue weighted by atomic mass is 9.68. The molecule has 0 spiro atoms. The van der Waals surface area contributed by atoms with Crippen LogP contribution in [0.5, 0.6) is 5.75 Å². The van der Waals surface area contributed by atoms with Crippen LogP contribution >= 0.6 is 0 Å². The fraction of sp³-hybridized carbons (Fsp3) is 0.500. The summed E-state index contributed by atoms with van der Waals surface area (Å²) in [7, 11) is 1.58. The molecule has 0 radical (unpaired) electrons. The molecule has 1 fully saturated rings. The Hall–Kier alpha value is -2.87. The highest BCUT2D eigenvalue weighted by Crippen LogP contribution is 2.44. The van der Waals surface area contributed by atoms with Crippen LogP contribution in [0.2, 0.25) is 0 Å². The molecule has 1 aromatic rings. The minimum absolute atomic E-state index is 0.264. The first kappa shape index (κ1) is 22.4. The Kier molecular flexibility index (Phi) is 7.78. The van der Waals surface area contributed by atoms with E-state index in [1.807, 2.05) is 12.1 Å². The van der Waals surface area contributed by atoms with Crippen molar-refractivity contribution in [1.29, 1.82) is 0 Å². The normalized spacial score (nSPS) is 22.9. The summed E-state index contributed by atoms with van der Waals surface area (Å²) >= 11 is 0. The maximum Gasteiger partial charge on any atom is 0.394 e. The standard InChI is InChI=1S/C22H27N2O5/c1-5-24-15(2)22(23-3,13-16-6-9-18(28-4)10-7-16)19-12-17(26)8-11-20(19)29-21(27)14-25/h6-7,9-10,17,19-20,25-26H,2,8,11-14H2,1,4H3/q+1. The van der Waals surface area contributed by atoms with Gasteiger partial charge in [-0.1, -0.05) is 12.1 Å². The van der Waals surface area contributed by atoms with Gasteiger partial charge in [0, 0.05) is 0 Å². The molecule has 4 atom stereocenters. The van der Waals surface area contributed by atoms with Crippen molar-refractivity contribution >= 4 is 5.97 Å². The Morgan fingerprint density at radius 3 is 2.62 bits per heavy atom. The van der Waals surface area contributed by atoms with Crippen LogP contribution in [0, 0.1) is 18.6 Å². The number of rotatable bonds is 7. The van der Waals surface area contributed by atoms with Crippen molar-refractivity contribution in [1.82, 2.24) is 0 Å². The molecular weight excluding hydrogens is 372 g/mol. The van der Waals surface area contributed by atoms with Crippen LogP contribution in [0.25, 0.3) is 9.69 Å². The summed E-state index contributed by atoms with van der Waals surface area (Å²) in [6.45, 7) is 12.9. The third kappa shape index (κ3) is 5.14. The Bertz CT molecular complexity index is 833. The average molecular weight is 399 g/mol. The highest BCUT2D eigenvalue weighted by molar-refractivity contribution is 5.70. The quantitative estimate of drug-likeness (QED) is 0.544. The highest BCUT2D eigenvalue weighted by atomic mass is 16.6. The number of benzene rings is 1. The Morgan fingerprint density at radius 1 is 1.38 bits per heavy atom. The summed E-state index contributed by atoms with van der Waals surface area (Å²) in [4.78, 5) is 19.9. The van der Waals surface area contributed by atoms with E-state index in [9.17, 15) is 9.90 Å². The van der Waals surface area contributed by atoms with E-state index in [4.69, 9.17) is 21.2 Å². The number of carbonyl (C=O) groups excluding carboxylic acids is 1. The molecule has 1 aliphatic carbocycles. The van der Waals surface area contributed by atoms with E-state index in [2.05, 4.69) is 22.3 Å². The molecule has 1 aromatic carbocycles. The molecule has 0 bridgehead atoms. The van der Waals surface area contributed by atoms with Gasteiger partial charge in [0.05, 0.1) is 32.5 Å². The summed E-state index contributed by atoms with van der Waals surface area (Å²) < 4.78 is 10.6. The summed E-state index contributed by atoms with van der Waals surface area (Å²) in [5, 5.41) is 19.4. The van der Waals surface area contributed by atoms with Crippen LogP contribution in [0.4, 0.5) is 0 Å². The molecule has 7 nitrogen and oxygen atoms in total. The first-order valence-corrected chi connectivity index (χ1v) is 9.47. The lowest BCUT2D eigenvalue weighted by Gasteiger charge is -2.37. The van der Waals surface area contributed by atoms with Gasteiger partial charge in [-0.2, -0.15) is 0 Å². The lowest BCUT2D eigenvalue weighted by Crippen LogP contribution is -2.50. The number of hydrogen-bond acceptors (Lipinski definition) is 5. The van der Waals surface area contributed by atoms with Gasteiger partial charge in [0.2, 0.25) is 0 Å². The summed E-state index contributed by atoms with van der Waals surface area (Å²) in [5.41, 5.74) is -0.0733. The van der Waals surface area contributed by atoms with Crippen LogP contribution in [-0.2, 0) is 16.0 Å². The van der Waals surface area contributed by atoms with Crippen molar-refractivity contribution in [3.05, 3.63) is 58.4 Å². The maximum atomic E-state index is 11.8. The highest BCUT2D eigenvalue weighted by Gasteiger charge is 2.60. The number of ether oxygens (including phenoxy) is 2. The molecule has 29 heavy (non-hydrogen) atoms. The van der Waals surface area contributed by atoms with E-state index < -0.39 is 36.2 Å². The second kappa shape index (κ2) is 10.1. The molecule has 0 saturated heterocycles. The lowest BCUT2D eigenvalue weighted by molar-refractivity contribution is -0.160.